The highest BCUT2D eigenvalue weighted by Crippen LogP contribution is 2.21. The lowest BCUT2D eigenvalue weighted by Gasteiger charge is -2.19. The van der Waals surface area contributed by atoms with Crippen LogP contribution in [0.4, 0.5) is 4.79 Å². The maximum Gasteiger partial charge on any atom is 0.419 e. The minimum Gasteiger partial charge on any atom is -0.443 e. The maximum absolute atomic E-state index is 12.0. The van der Waals surface area contributed by atoms with E-state index in [0.29, 0.717) is 0 Å². The van der Waals surface area contributed by atoms with Gasteiger partial charge in [0.25, 0.3) is 0 Å². The van der Waals surface area contributed by atoms with Crippen molar-refractivity contribution in [2.24, 2.45) is 0 Å². The number of carbonyl (C=O) groups is 1. The molecule has 90 valence electrons. The number of nitrogens with zero attached hydrogens (tertiary/aromatic N) is 2. The first kappa shape index (κ1) is 12.3. The average molecular weight is 344 g/mol. The molecule has 0 aliphatic heterocycles. The van der Waals surface area contributed by atoms with Crippen LogP contribution in [0.3, 0.4) is 0 Å². The largest absolute Gasteiger partial charge is 0.443 e. The number of fused-ring (bicyclic) bond motifs is 1. The SMILES string of the molecule is CC(C)(C)OC(=O)n1ccc2c(I)cncc21. The molecule has 0 N–H and O–H groups in total. The van der Waals surface area contributed by atoms with Gasteiger partial charge in [-0.25, -0.2) is 4.79 Å². The second-order valence-electron chi connectivity index (χ2n) is 4.72. The smallest absolute Gasteiger partial charge is 0.419 e. The first-order valence-electron chi connectivity index (χ1n) is 5.22. The highest BCUT2D eigenvalue weighted by Gasteiger charge is 2.19. The molecular weight excluding hydrogens is 331 g/mol. The summed E-state index contributed by atoms with van der Waals surface area (Å²) in [6.07, 6.45) is 4.77. The monoisotopic (exact) mass is 344 g/mol. The molecule has 0 amide bonds. The summed E-state index contributed by atoms with van der Waals surface area (Å²) in [7, 11) is 0. The lowest BCUT2D eigenvalue weighted by atomic mass is 10.2. The lowest BCUT2D eigenvalue weighted by Crippen LogP contribution is -2.26. The van der Waals surface area contributed by atoms with Crippen molar-refractivity contribution in [2.75, 3.05) is 0 Å². The minimum absolute atomic E-state index is 0.378. The van der Waals surface area contributed by atoms with Gasteiger partial charge in [0.2, 0.25) is 0 Å². The van der Waals surface area contributed by atoms with Gasteiger partial charge in [-0.1, -0.05) is 0 Å². The number of halogens is 1. The molecule has 2 aromatic rings. The zero-order valence-electron chi connectivity index (χ0n) is 9.90. The zero-order valence-corrected chi connectivity index (χ0v) is 12.1. The first-order chi connectivity index (χ1) is 7.88. The molecule has 0 unspecified atom stereocenters. The van der Waals surface area contributed by atoms with Crippen LogP contribution in [0.15, 0.2) is 24.7 Å². The summed E-state index contributed by atoms with van der Waals surface area (Å²) in [5, 5.41) is 1.01. The van der Waals surface area contributed by atoms with Crippen molar-refractivity contribution in [3.05, 3.63) is 28.2 Å². The third-order valence-corrected chi connectivity index (χ3v) is 3.02. The van der Waals surface area contributed by atoms with Gasteiger partial charge in [0.15, 0.2) is 0 Å². The maximum atomic E-state index is 12.0. The summed E-state index contributed by atoms with van der Waals surface area (Å²) < 4.78 is 7.82. The molecule has 0 saturated carbocycles. The fourth-order valence-corrected chi connectivity index (χ4v) is 2.11. The molecule has 0 aliphatic rings. The summed E-state index contributed by atoms with van der Waals surface area (Å²) in [6, 6.07) is 1.89. The van der Waals surface area contributed by atoms with Crippen molar-refractivity contribution in [3.63, 3.8) is 0 Å². The zero-order chi connectivity index (χ0) is 12.6. The van der Waals surface area contributed by atoms with Crippen molar-refractivity contribution < 1.29 is 9.53 Å². The van der Waals surface area contributed by atoms with E-state index < -0.39 is 5.60 Å². The molecule has 2 heterocycles. The normalized spacial score (nSPS) is 11.8. The second-order valence-corrected chi connectivity index (χ2v) is 5.88. The van der Waals surface area contributed by atoms with Gasteiger partial charge in [-0.2, -0.15) is 0 Å². The van der Waals surface area contributed by atoms with Gasteiger partial charge < -0.3 is 4.74 Å². The summed E-state index contributed by atoms with van der Waals surface area (Å²) in [4.78, 5) is 16.0. The lowest BCUT2D eigenvalue weighted by molar-refractivity contribution is 0.0544. The van der Waals surface area contributed by atoms with Crippen LogP contribution < -0.4 is 0 Å². The summed E-state index contributed by atoms with van der Waals surface area (Å²) in [5.74, 6) is 0. The molecule has 0 fully saturated rings. The van der Waals surface area contributed by atoms with Crippen molar-refractivity contribution in [1.29, 1.82) is 0 Å². The Bertz CT molecular complexity index is 569. The number of rotatable bonds is 0. The van der Waals surface area contributed by atoms with Crippen molar-refractivity contribution in [2.45, 2.75) is 26.4 Å². The van der Waals surface area contributed by atoms with Crippen LogP contribution in [0.1, 0.15) is 20.8 Å². The van der Waals surface area contributed by atoms with Gasteiger partial charge in [-0.05, 0) is 49.4 Å². The standard InChI is InChI=1S/C12H13IN2O2/c1-12(2,3)17-11(16)15-5-4-8-9(13)6-14-7-10(8)15/h4-7H,1-3H3. The van der Waals surface area contributed by atoms with E-state index in [1.54, 1.807) is 18.6 Å². The van der Waals surface area contributed by atoms with E-state index in [-0.39, 0.29) is 6.09 Å². The van der Waals surface area contributed by atoms with Crippen LogP contribution in [-0.2, 0) is 4.74 Å². The quantitative estimate of drug-likeness (QED) is 0.688. The molecule has 0 bridgehead atoms. The van der Waals surface area contributed by atoms with Crippen molar-refractivity contribution in [3.8, 4) is 0 Å². The van der Waals surface area contributed by atoms with Crippen LogP contribution >= 0.6 is 22.6 Å². The van der Waals surface area contributed by atoms with Crippen LogP contribution in [0.5, 0.6) is 0 Å². The van der Waals surface area contributed by atoms with E-state index in [4.69, 9.17) is 4.74 Å². The van der Waals surface area contributed by atoms with Gasteiger partial charge in [-0.3, -0.25) is 9.55 Å². The van der Waals surface area contributed by atoms with Crippen LogP contribution in [-0.4, -0.2) is 21.2 Å². The molecule has 2 aromatic heterocycles. The molecule has 4 nitrogen and oxygen atoms in total. The highest BCUT2D eigenvalue weighted by atomic mass is 127. The Balaban J connectivity index is 2.43. The van der Waals surface area contributed by atoms with Crippen molar-refractivity contribution in [1.82, 2.24) is 9.55 Å². The Morgan fingerprint density at radius 2 is 2.12 bits per heavy atom. The highest BCUT2D eigenvalue weighted by molar-refractivity contribution is 14.1. The Morgan fingerprint density at radius 3 is 2.76 bits per heavy atom. The number of hydrogen-bond acceptors (Lipinski definition) is 3. The number of hydrogen-bond donors (Lipinski definition) is 0. The molecule has 0 saturated heterocycles. The first-order valence-corrected chi connectivity index (χ1v) is 6.30. The second kappa shape index (κ2) is 4.29. The Kier molecular flexibility index (Phi) is 3.11. The van der Waals surface area contributed by atoms with Crippen molar-refractivity contribution >= 4 is 39.6 Å². The molecular formula is C12H13IN2O2. The van der Waals surface area contributed by atoms with Gasteiger partial charge >= 0.3 is 6.09 Å². The van der Waals surface area contributed by atoms with E-state index in [2.05, 4.69) is 27.6 Å². The minimum atomic E-state index is -0.497. The number of ether oxygens (including phenoxy) is 1. The summed E-state index contributed by atoms with van der Waals surface area (Å²) in [5.41, 5.74) is 0.273. The number of carbonyl (C=O) groups excluding carboxylic acids is 1. The number of pyridine rings is 1. The Hall–Kier alpha value is -1.11. The molecule has 0 aromatic carbocycles. The molecule has 0 spiro atoms. The third-order valence-electron chi connectivity index (χ3n) is 2.16. The predicted molar refractivity (Wildman–Crippen MR) is 74.1 cm³/mol. The predicted octanol–water partition coefficient (Wildman–Crippen LogP) is 3.42. The molecule has 17 heavy (non-hydrogen) atoms. The molecule has 0 aliphatic carbocycles. The van der Waals surface area contributed by atoms with E-state index in [0.717, 1.165) is 14.5 Å². The van der Waals surface area contributed by atoms with Gasteiger partial charge in [0.1, 0.15) is 5.60 Å². The molecule has 0 atom stereocenters. The third kappa shape index (κ3) is 2.59. The topological polar surface area (TPSA) is 44.1 Å². The van der Waals surface area contributed by atoms with Gasteiger partial charge in [0.05, 0.1) is 11.7 Å². The van der Waals surface area contributed by atoms with Gasteiger partial charge in [0, 0.05) is 21.4 Å². The summed E-state index contributed by atoms with van der Waals surface area (Å²) in [6.45, 7) is 5.54. The Morgan fingerprint density at radius 1 is 1.41 bits per heavy atom. The Labute approximate surface area is 113 Å². The van der Waals surface area contributed by atoms with Gasteiger partial charge in [-0.15, -0.1) is 0 Å². The van der Waals surface area contributed by atoms with Crippen LogP contribution in [0.2, 0.25) is 0 Å². The fourth-order valence-electron chi connectivity index (χ4n) is 1.49. The van der Waals surface area contributed by atoms with Crippen LogP contribution in [0.25, 0.3) is 10.9 Å². The average Bonchev–Trinajstić information content (AvgIpc) is 2.60. The molecule has 2 rings (SSSR count). The summed E-state index contributed by atoms with van der Waals surface area (Å²) >= 11 is 2.20. The number of aromatic nitrogens is 2. The fraction of sp³-hybridized carbons (Fsp3) is 0.333. The van der Waals surface area contributed by atoms with E-state index >= 15 is 0 Å². The van der Waals surface area contributed by atoms with E-state index in [1.165, 1.54) is 4.57 Å². The van der Waals surface area contributed by atoms with E-state index in [1.807, 2.05) is 26.8 Å². The van der Waals surface area contributed by atoms with E-state index in [9.17, 15) is 4.79 Å². The van der Waals surface area contributed by atoms with Crippen LogP contribution in [0, 0.1) is 3.57 Å². The molecule has 0 radical (unpaired) electrons. The molecule has 5 heteroatoms.